The predicted molar refractivity (Wildman–Crippen MR) is 81.1 cm³/mol. The molecule has 6 nitrogen and oxygen atoms in total. The number of ketones is 2. The van der Waals surface area contributed by atoms with Gasteiger partial charge in [0.2, 0.25) is 0 Å². The summed E-state index contributed by atoms with van der Waals surface area (Å²) < 4.78 is 31.6. The van der Waals surface area contributed by atoms with Crippen molar-refractivity contribution in [2.24, 2.45) is 0 Å². The van der Waals surface area contributed by atoms with E-state index in [1.807, 2.05) is 0 Å². The molecule has 0 spiro atoms. The maximum absolute atomic E-state index is 12.4. The van der Waals surface area contributed by atoms with Crippen LogP contribution in [0.1, 0.15) is 31.8 Å². The standard InChI is InChI=1S/C14H9NO5S.Na.H/c15-12-10(21(18,19)20)6-5-9-11(12)14(17)8-4-2-1-3-7(8)13(9)16;;/h1-6H,15H2,(H,18,19,20);;. The number of hydrogen-bond donors (Lipinski definition) is 2. The summed E-state index contributed by atoms with van der Waals surface area (Å²) >= 11 is 0. The number of nitrogens with two attached hydrogens (primary N) is 1. The average molecular weight is 327 g/mol. The molecule has 2 aromatic carbocycles. The normalized spacial score (nSPS) is 13.1. The molecule has 3 N–H and O–H groups in total. The molecule has 0 unspecified atom stereocenters. The van der Waals surface area contributed by atoms with Crippen LogP contribution in [-0.2, 0) is 10.1 Å². The molecule has 0 bridgehead atoms. The molecule has 0 aliphatic heterocycles. The van der Waals surface area contributed by atoms with Crippen molar-refractivity contribution < 1.29 is 22.6 Å². The molecule has 108 valence electrons. The Kier molecular flexibility index (Phi) is 4.29. The van der Waals surface area contributed by atoms with Crippen LogP contribution in [0.5, 0.6) is 0 Å². The van der Waals surface area contributed by atoms with Gasteiger partial charge in [-0.3, -0.25) is 14.1 Å². The number of carbonyl (C=O) groups is 2. The summed E-state index contributed by atoms with van der Waals surface area (Å²) in [5.74, 6) is -0.947. The Balaban J connectivity index is 0.00000176. The molecule has 22 heavy (non-hydrogen) atoms. The Morgan fingerprint density at radius 3 is 1.95 bits per heavy atom. The van der Waals surface area contributed by atoms with E-state index < -0.39 is 32.3 Å². The van der Waals surface area contributed by atoms with Crippen LogP contribution in [0.3, 0.4) is 0 Å². The summed E-state index contributed by atoms with van der Waals surface area (Å²) in [6.45, 7) is 0. The Labute approximate surface area is 148 Å². The third kappa shape index (κ3) is 2.41. The van der Waals surface area contributed by atoms with E-state index in [-0.39, 0.29) is 51.8 Å². The summed E-state index contributed by atoms with van der Waals surface area (Å²) in [5, 5.41) is 0. The number of hydrogen-bond acceptors (Lipinski definition) is 5. The Bertz CT molecular complexity index is 921. The molecule has 2 aromatic rings. The fourth-order valence-corrected chi connectivity index (χ4v) is 3.04. The molecule has 0 saturated carbocycles. The molecular weight excluding hydrogens is 317 g/mol. The van der Waals surface area contributed by atoms with E-state index in [2.05, 4.69) is 0 Å². The molecule has 0 saturated heterocycles. The van der Waals surface area contributed by atoms with Crippen LogP contribution in [0.4, 0.5) is 5.69 Å². The zero-order valence-electron chi connectivity index (χ0n) is 10.5. The van der Waals surface area contributed by atoms with Gasteiger partial charge < -0.3 is 5.73 Å². The number of benzene rings is 2. The van der Waals surface area contributed by atoms with Crippen LogP contribution in [0.2, 0.25) is 0 Å². The first-order valence-electron chi connectivity index (χ1n) is 5.90. The van der Waals surface area contributed by atoms with Gasteiger partial charge in [0, 0.05) is 16.7 Å². The topological polar surface area (TPSA) is 115 Å². The summed E-state index contributed by atoms with van der Waals surface area (Å²) in [6, 6.07) is 8.42. The molecular formula is C14H10NNaO5S. The molecule has 1 aliphatic rings. The fourth-order valence-electron chi connectivity index (χ4n) is 2.42. The zero-order valence-corrected chi connectivity index (χ0v) is 11.3. The van der Waals surface area contributed by atoms with Gasteiger partial charge in [0.15, 0.2) is 11.6 Å². The molecule has 0 aromatic heterocycles. The monoisotopic (exact) mass is 327 g/mol. The van der Waals surface area contributed by atoms with Crippen molar-refractivity contribution in [2.75, 3.05) is 5.73 Å². The second kappa shape index (κ2) is 5.60. The molecule has 0 atom stereocenters. The molecule has 3 rings (SSSR count). The first kappa shape index (κ1) is 16.9. The van der Waals surface area contributed by atoms with Gasteiger partial charge in [0.05, 0.1) is 11.3 Å². The van der Waals surface area contributed by atoms with E-state index in [0.29, 0.717) is 0 Å². The van der Waals surface area contributed by atoms with Crippen molar-refractivity contribution >= 4 is 56.9 Å². The second-order valence-electron chi connectivity index (χ2n) is 4.58. The Hall–Kier alpha value is -1.51. The molecule has 8 heteroatoms. The Morgan fingerprint density at radius 2 is 1.41 bits per heavy atom. The molecule has 0 amide bonds. The van der Waals surface area contributed by atoms with Gasteiger partial charge in [0.25, 0.3) is 10.1 Å². The van der Waals surface area contributed by atoms with Gasteiger partial charge in [-0.2, -0.15) is 8.42 Å². The van der Waals surface area contributed by atoms with E-state index in [1.165, 1.54) is 18.2 Å². The van der Waals surface area contributed by atoms with Crippen molar-refractivity contribution in [1.82, 2.24) is 0 Å². The van der Waals surface area contributed by atoms with Crippen LogP contribution in [0.15, 0.2) is 41.3 Å². The van der Waals surface area contributed by atoms with E-state index in [9.17, 15) is 18.0 Å². The third-order valence-corrected chi connectivity index (χ3v) is 4.28. The van der Waals surface area contributed by atoms with Gasteiger partial charge in [-0.15, -0.1) is 0 Å². The van der Waals surface area contributed by atoms with Gasteiger partial charge in [-0.25, -0.2) is 0 Å². The van der Waals surface area contributed by atoms with Crippen molar-refractivity contribution in [3.05, 3.63) is 58.7 Å². The van der Waals surface area contributed by atoms with Gasteiger partial charge >= 0.3 is 29.6 Å². The van der Waals surface area contributed by atoms with Crippen LogP contribution in [0.25, 0.3) is 0 Å². The molecule has 0 heterocycles. The van der Waals surface area contributed by atoms with Gasteiger partial charge in [-0.05, 0) is 12.1 Å². The van der Waals surface area contributed by atoms with Crippen LogP contribution in [-0.4, -0.2) is 54.1 Å². The number of fused-ring (bicyclic) bond motifs is 2. The van der Waals surface area contributed by atoms with Crippen molar-refractivity contribution in [1.29, 1.82) is 0 Å². The molecule has 0 radical (unpaired) electrons. The van der Waals surface area contributed by atoms with Gasteiger partial charge in [-0.1, -0.05) is 24.3 Å². The van der Waals surface area contributed by atoms with Crippen LogP contribution < -0.4 is 5.73 Å². The second-order valence-corrected chi connectivity index (χ2v) is 5.97. The van der Waals surface area contributed by atoms with Crippen molar-refractivity contribution in [3.63, 3.8) is 0 Å². The first-order chi connectivity index (χ1) is 9.82. The minimum atomic E-state index is -4.57. The molecule has 0 fully saturated rings. The quantitative estimate of drug-likeness (QED) is 0.385. The van der Waals surface area contributed by atoms with E-state index in [0.717, 1.165) is 6.07 Å². The summed E-state index contributed by atoms with van der Waals surface area (Å²) in [6.07, 6.45) is 0. The SMILES string of the molecule is Nc1c(S(=O)(=O)O)ccc2c1C(=O)c1ccccc1C2=O.[NaH]. The van der Waals surface area contributed by atoms with Crippen LogP contribution >= 0.6 is 0 Å². The van der Waals surface area contributed by atoms with E-state index in [4.69, 9.17) is 10.3 Å². The van der Waals surface area contributed by atoms with Gasteiger partial charge in [0.1, 0.15) is 4.90 Å². The number of nitrogen functional groups attached to an aromatic ring is 1. The summed E-state index contributed by atoms with van der Waals surface area (Å²) in [4.78, 5) is 24.2. The van der Waals surface area contributed by atoms with Crippen LogP contribution in [0, 0.1) is 0 Å². The number of anilines is 1. The number of carbonyl (C=O) groups excluding carboxylic acids is 2. The summed E-state index contributed by atoms with van der Waals surface area (Å²) in [5.41, 5.74) is 5.52. The average Bonchev–Trinajstić information content (AvgIpc) is 2.43. The van der Waals surface area contributed by atoms with E-state index >= 15 is 0 Å². The fraction of sp³-hybridized carbons (Fsp3) is 0. The predicted octanol–water partition coefficient (Wildman–Crippen LogP) is 0.642. The minimum absolute atomic E-state index is 0. The zero-order chi connectivity index (χ0) is 15.4. The number of rotatable bonds is 1. The summed E-state index contributed by atoms with van der Waals surface area (Å²) in [7, 11) is -4.57. The third-order valence-electron chi connectivity index (χ3n) is 3.37. The Morgan fingerprint density at radius 1 is 0.864 bits per heavy atom. The van der Waals surface area contributed by atoms with Crippen molar-refractivity contribution in [3.8, 4) is 0 Å². The van der Waals surface area contributed by atoms with E-state index in [1.54, 1.807) is 12.1 Å². The van der Waals surface area contributed by atoms with Crippen molar-refractivity contribution in [2.45, 2.75) is 4.90 Å². The molecule has 1 aliphatic carbocycles. The first-order valence-corrected chi connectivity index (χ1v) is 7.35. The maximum atomic E-state index is 12.4.